The van der Waals surface area contributed by atoms with E-state index in [2.05, 4.69) is 38.5 Å². The summed E-state index contributed by atoms with van der Waals surface area (Å²) in [4.78, 5) is 28.6. The lowest BCUT2D eigenvalue weighted by Gasteiger charge is -2.08. The van der Waals surface area contributed by atoms with Crippen LogP contribution in [0.4, 0.5) is 0 Å². The van der Waals surface area contributed by atoms with Gasteiger partial charge in [-0.15, -0.1) is 0 Å². The highest BCUT2D eigenvalue weighted by molar-refractivity contribution is 5.70. The van der Waals surface area contributed by atoms with Gasteiger partial charge in [-0.1, -0.05) is 50.6 Å². The van der Waals surface area contributed by atoms with Crippen molar-refractivity contribution in [1.82, 2.24) is 0 Å². The molecule has 0 saturated carbocycles. The predicted octanol–water partition coefficient (Wildman–Crippen LogP) is 4.03. The van der Waals surface area contributed by atoms with Gasteiger partial charge in [-0.3, -0.25) is 9.59 Å². The molecule has 21 heavy (non-hydrogen) atoms. The summed E-state index contributed by atoms with van der Waals surface area (Å²) < 4.78 is 0. The summed E-state index contributed by atoms with van der Waals surface area (Å²) >= 11 is 0. The van der Waals surface area contributed by atoms with Crippen molar-refractivity contribution in [2.45, 2.75) is 26.2 Å². The van der Waals surface area contributed by atoms with E-state index in [1.54, 1.807) is 19.1 Å². The quantitative estimate of drug-likeness (QED) is 0.340. The molecule has 1 unspecified atom stereocenters. The first-order valence-electron chi connectivity index (χ1n) is 6.54. The fourth-order valence-electron chi connectivity index (χ4n) is 0.941. The van der Waals surface area contributed by atoms with Crippen LogP contribution in [0.5, 0.6) is 0 Å². The molecule has 1 aliphatic rings. The maximum atomic E-state index is 10.1. The van der Waals surface area contributed by atoms with Gasteiger partial charge >= 0.3 is 0 Å². The van der Waals surface area contributed by atoms with E-state index in [9.17, 15) is 9.59 Å². The second-order valence-electron chi connectivity index (χ2n) is 3.99. The Hall–Kier alpha value is -2.29. The van der Waals surface area contributed by atoms with Crippen molar-refractivity contribution in [1.29, 1.82) is 0 Å². The average Bonchev–Trinajstić information content (AvgIpc) is 2.56. The third-order valence-electron chi connectivity index (χ3n) is 1.97. The van der Waals surface area contributed by atoms with Crippen LogP contribution in [0.1, 0.15) is 26.2 Å². The van der Waals surface area contributed by atoms with Gasteiger partial charge in [0.1, 0.15) is 18.9 Å². The number of allylic oxidation sites excluding steroid dienone is 6. The summed E-state index contributed by atoms with van der Waals surface area (Å²) in [5.41, 5.74) is 0.574. The lowest BCUT2D eigenvalue weighted by atomic mass is 9.96. The van der Waals surface area contributed by atoms with Crippen LogP contribution in [0.2, 0.25) is 0 Å². The second-order valence-corrected chi connectivity index (χ2v) is 3.99. The summed E-state index contributed by atoms with van der Waals surface area (Å²) in [7, 11) is 0. The highest BCUT2D eigenvalue weighted by Crippen LogP contribution is 2.14. The van der Waals surface area contributed by atoms with Crippen molar-refractivity contribution in [2.75, 3.05) is 0 Å². The normalized spacial score (nSPS) is 14.0. The van der Waals surface area contributed by atoms with Crippen LogP contribution in [0.3, 0.4) is 0 Å². The average molecular weight is 290 g/mol. The van der Waals surface area contributed by atoms with E-state index in [1.165, 1.54) is 6.08 Å². The van der Waals surface area contributed by atoms with Crippen LogP contribution in [0.15, 0.2) is 62.3 Å². The van der Waals surface area contributed by atoms with E-state index < -0.39 is 0 Å². The number of rotatable bonds is 4. The van der Waals surface area contributed by atoms with E-state index in [1.807, 2.05) is 0 Å². The van der Waals surface area contributed by atoms with Gasteiger partial charge in [-0.25, -0.2) is 0 Å². The van der Waals surface area contributed by atoms with Crippen LogP contribution in [0, 0.1) is 5.92 Å². The minimum atomic E-state index is 0.319. The summed E-state index contributed by atoms with van der Waals surface area (Å²) in [6.45, 7) is 14.8. The molecule has 0 aromatic heterocycles. The lowest BCUT2D eigenvalue weighted by Crippen LogP contribution is -2.02. The molecule has 0 fully saturated rings. The van der Waals surface area contributed by atoms with Gasteiger partial charge in [0.05, 0.1) is 0 Å². The Kier molecular flexibility index (Phi) is 25.9. The number of aldehydes is 3. The first-order chi connectivity index (χ1) is 10.0. The Morgan fingerprint density at radius 3 is 1.67 bits per heavy atom. The van der Waals surface area contributed by atoms with Crippen LogP contribution in [-0.4, -0.2) is 18.9 Å². The van der Waals surface area contributed by atoms with Gasteiger partial charge in [0, 0.05) is 5.92 Å². The summed E-state index contributed by atoms with van der Waals surface area (Å²) in [5.74, 6) is 0.319. The minimum absolute atomic E-state index is 0.319. The molecule has 0 bridgehead atoms. The Labute approximate surface area is 128 Å². The molecule has 0 radical (unpaired) electrons. The SMILES string of the molecule is C=C(C)C=O.C=CC=C.C=CC=O.O=CC1CC=CCC1. The van der Waals surface area contributed by atoms with E-state index in [0.29, 0.717) is 17.8 Å². The standard InChI is InChI=1S/C7H10O.C4H6O.C4H6.C3H4O/c8-6-7-4-2-1-3-5-7;1-4(2)3-5;1-3-4-2;1-2-3-4/h1-2,6-7H,3-5H2;3H,1H2,2H3;3-4H,1-2H2;2-3H,1H2. The molecule has 1 aliphatic carbocycles. The highest BCUT2D eigenvalue weighted by atomic mass is 16.1. The molecular weight excluding hydrogens is 264 g/mol. The molecule has 0 aromatic carbocycles. The monoisotopic (exact) mass is 290 g/mol. The van der Waals surface area contributed by atoms with Gasteiger partial charge in [0.2, 0.25) is 0 Å². The maximum Gasteiger partial charge on any atom is 0.145 e. The number of carbonyl (C=O) groups is 3. The first kappa shape index (κ1) is 23.8. The summed E-state index contributed by atoms with van der Waals surface area (Å²) in [5, 5.41) is 0. The molecule has 0 spiro atoms. The number of hydrogen-bond acceptors (Lipinski definition) is 3. The maximum absolute atomic E-state index is 10.1. The summed E-state index contributed by atoms with van der Waals surface area (Å²) in [6, 6.07) is 0. The zero-order valence-corrected chi connectivity index (χ0v) is 12.9. The van der Waals surface area contributed by atoms with Crippen LogP contribution < -0.4 is 0 Å². The molecule has 0 aliphatic heterocycles. The van der Waals surface area contributed by atoms with Gasteiger partial charge in [-0.05, 0) is 37.8 Å². The molecule has 3 nitrogen and oxygen atoms in total. The van der Waals surface area contributed by atoms with E-state index in [0.717, 1.165) is 31.8 Å². The lowest BCUT2D eigenvalue weighted by molar-refractivity contribution is -0.111. The van der Waals surface area contributed by atoms with E-state index >= 15 is 0 Å². The molecule has 0 amide bonds. The van der Waals surface area contributed by atoms with Crippen LogP contribution in [0.25, 0.3) is 0 Å². The number of carbonyl (C=O) groups excluding carboxylic acids is 3. The fourth-order valence-corrected chi connectivity index (χ4v) is 0.941. The molecule has 0 heterocycles. The van der Waals surface area contributed by atoms with Crippen molar-refractivity contribution in [3.63, 3.8) is 0 Å². The van der Waals surface area contributed by atoms with E-state index in [-0.39, 0.29) is 0 Å². The molecule has 1 rings (SSSR count). The third-order valence-corrected chi connectivity index (χ3v) is 1.97. The van der Waals surface area contributed by atoms with E-state index in [4.69, 9.17) is 4.79 Å². The predicted molar refractivity (Wildman–Crippen MR) is 90.1 cm³/mol. The zero-order valence-electron chi connectivity index (χ0n) is 12.9. The van der Waals surface area contributed by atoms with Crippen molar-refractivity contribution in [2.24, 2.45) is 5.92 Å². The molecule has 116 valence electrons. The molecule has 0 saturated heterocycles. The Morgan fingerprint density at radius 1 is 1.05 bits per heavy atom. The van der Waals surface area contributed by atoms with Crippen LogP contribution >= 0.6 is 0 Å². The smallest absolute Gasteiger partial charge is 0.145 e. The summed E-state index contributed by atoms with van der Waals surface area (Å²) in [6.07, 6.45) is 14.2. The number of hydrogen-bond donors (Lipinski definition) is 0. The zero-order chi connectivity index (χ0) is 16.9. The van der Waals surface area contributed by atoms with Gasteiger partial charge in [0.15, 0.2) is 0 Å². The Balaban J connectivity index is -0.000000219. The largest absolute Gasteiger partial charge is 0.303 e. The molecule has 3 heteroatoms. The van der Waals surface area contributed by atoms with Gasteiger partial charge in [0.25, 0.3) is 0 Å². The second kappa shape index (κ2) is 22.9. The Bertz CT molecular complexity index is 327. The van der Waals surface area contributed by atoms with Crippen molar-refractivity contribution in [3.05, 3.63) is 62.3 Å². The fraction of sp³-hybridized carbons (Fsp3) is 0.278. The molecule has 0 N–H and O–H groups in total. The molecule has 1 atom stereocenters. The highest BCUT2D eigenvalue weighted by Gasteiger charge is 2.06. The van der Waals surface area contributed by atoms with Gasteiger partial charge < -0.3 is 4.79 Å². The topological polar surface area (TPSA) is 51.2 Å². The van der Waals surface area contributed by atoms with Crippen molar-refractivity contribution >= 4 is 18.9 Å². The minimum Gasteiger partial charge on any atom is -0.303 e. The van der Waals surface area contributed by atoms with Gasteiger partial charge in [-0.2, -0.15) is 0 Å². The molecular formula is C18H26O3. The van der Waals surface area contributed by atoms with Crippen LogP contribution in [-0.2, 0) is 14.4 Å². The third kappa shape index (κ3) is 31.9. The van der Waals surface area contributed by atoms with Crippen molar-refractivity contribution in [3.8, 4) is 0 Å². The van der Waals surface area contributed by atoms with Crippen molar-refractivity contribution < 1.29 is 14.4 Å². The first-order valence-corrected chi connectivity index (χ1v) is 6.54. The Morgan fingerprint density at radius 2 is 1.52 bits per heavy atom. The molecule has 0 aromatic rings.